The number of fused-ring (bicyclic) bond motifs is 3. The molecule has 5 heteroatoms. The van der Waals surface area contributed by atoms with E-state index >= 15 is 0 Å². The van der Waals surface area contributed by atoms with Gasteiger partial charge in [0.1, 0.15) is 0 Å². The lowest BCUT2D eigenvalue weighted by molar-refractivity contribution is 0.426. The van der Waals surface area contributed by atoms with Crippen LogP contribution < -0.4 is 16.1 Å². The van der Waals surface area contributed by atoms with E-state index in [0.29, 0.717) is 11.2 Å². The third-order valence-corrected chi connectivity index (χ3v) is 3.79. The molecule has 0 bridgehead atoms. The Morgan fingerprint density at radius 1 is 0.714 bits per heavy atom. The first kappa shape index (κ1) is 12.3. The normalized spacial score (nSPS) is 12.1. The fourth-order valence-corrected chi connectivity index (χ4v) is 2.76. The third-order valence-electron chi connectivity index (χ3n) is 3.79. The van der Waals surface area contributed by atoms with Crippen LogP contribution in [0.15, 0.2) is 54.6 Å². The molecule has 0 spiro atoms. The van der Waals surface area contributed by atoms with Gasteiger partial charge in [-0.05, 0) is 29.0 Å². The van der Waals surface area contributed by atoms with Gasteiger partial charge in [-0.15, -0.1) is 0 Å². The van der Waals surface area contributed by atoms with Gasteiger partial charge in [-0.3, -0.25) is 0 Å². The van der Waals surface area contributed by atoms with E-state index in [1.54, 1.807) is 12.1 Å². The summed E-state index contributed by atoms with van der Waals surface area (Å²) in [5.74, 6) is 0. The van der Waals surface area contributed by atoms with Crippen molar-refractivity contribution in [2.45, 2.75) is 0 Å². The molecule has 0 aromatic heterocycles. The second-order valence-corrected chi connectivity index (χ2v) is 5.14. The average molecular weight is 276 g/mol. The molecule has 4 N–H and O–H groups in total. The van der Waals surface area contributed by atoms with Crippen LogP contribution in [-0.2, 0) is 0 Å². The number of hydrogen-bond donors (Lipinski definition) is 4. The number of anilines is 4. The largest absolute Gasteiger partial charge is 0.490 e. The van der Waals surface area contributed by atoms with Gasteiger partial charge in [0, 0.05) is 5.46 Å². The second-order valence-electron chi connectivity index (χ2n) is 5.14. The summed E-state index contributed by atoms with van der Waals surface area (Å²) in [6.07, 6.45) is 0. The number of nitrogens with one attached hydrogen (secondary N) is 2. The SMILES string of the molecule is OB(O)c1cccc2c1Nc1cc3ccccc3cc1N2. The molecule has 0 aliphatic carbocycles. The van der Waals surface area contributed by atoms with E-state index in [1.807, 2.05) is 18.2 Å². The zero-order chi connectivity index (χ0) is 14.4. The lowest BCUT2D eigenvalue weighted by Crippen LogP contribution is -2.33. The highest BCUT2D eigenvalue weighted by molar-refractivity contribution is 6.61. The summed E-state index contributed by atoms with van der Waals surface area (Å²) >= 11 is 0. The molecule has 3 aromatic rings. The topological polar surface area (TPSA) is 64.5 Å². The van der Waals surface area contributed by atoms with E-state index in [0.717, 1.165) is 27.8 Å². The molecule has 0 atom stereocenters. The van der Waals surface area contributed by atoms with Gasteiger partial charge in [-0.25, -0.2) is 0 Å². The standard InChI is InChI=1S/C16H13BN2O2/c20-17(21)12-6-3-7-13-16(12)19-15-9-11-5-2-1-4-10(11)8-14(15)18-13/h1-9,18-21H. The second kappa shape index (κ2) is 4.51. The van der Waals surface area contributed by atoms with Crippen LogP contribution in [0.3, 0.4) is 0 Å². The molecular formula is C16H13BN2O2. The van der Waals surface area contributed by atoms with Gasteiger partial charge in [0.05, 0.1) is 22.7 Å². The van der Waals surface area contributed by atoms with Gasteiger partial charge >= 0.3 is 7.12 Å². The molecule has 1 aliphatic heterocycles. The van der Waals surface area contributed by atoms with Crippen molar-refractivity contribution in [2.24, 2.45) is 0 Å². The summed E-state index contributed by atoms with van der Waals surface area (Å²) < 4.78 is 0. The predicted molar refractivity (Wildman–Crippen MR) is 86.8 cm³/mol. The van der Waals surface area contributed by atoms with Crippen LogP contribution >= 0.6 is 0 Å². The van der Waals surface area contributed by atoms with E-state index in [1.165, 1.54) is 0 Å². The lowest BCUT2D eigenvalue weighted by Gasteiger charge is -2.25. The van der Waals surface area contributed by atoms with Crippen LogP contribution in [0.4, 0.5) is 22.7 Å². The van der Waals surface area contributed by atoms with E-state index in [4.69, 9.17) is 0 Å². The maximum absolute atomic E-state index is 9.49. The Morgan fingerprint density at radius 2 is 1.38 bits per heavy atom. The van der Waals surface area contributed by atoms with Gasteiger partial charge < -0.3 is 20.7 Å². The fraction of sp³-hybridized carbons (Fsp3) is 0. The van der Waals surface area contributed by atoms with E-state index in [-0.39, 0.29) is 0 Å². The van der Waals surface area contributed by atoms with Crippen molar-refractivity contribution in [1.82, 2.24) is 0 Å². The van der Waals surface area contributed by atoms with Crippen LogP contribution in [0, 0.1) is 0 Å². The van der Waals surface area contributed by atoms with Crippen molar-refractivity contribution < 1.29 is 10.0 Å². The van der Waals surface area contributed by atoms with Crippen LogP contribution in [-0.4, -0.2) is 17.2 Å². The molecule has 1 aliphatic rings. The Hall–Kier alpha value is -2.50. The number of rotatable bonds is 1. The van der Waals surface area contributed by atoms with Crippen molar-refractivity contribution in [3.8, 4) is 0 Å². The average Bonchev–Trinajstić information content (AvgIpc) is 2.50. The molecular weight excluding hydrogens is 263 g/mol. The first-order valence-corrected chi connectivity index (χ1v) is 6.78. The highest BCUT2D eigenvalue weighted by Gasteiger charge is 2.23. The minimum absolute atomic E-state index is 0.457. The number of para-hydroxylation sites is 1. The summed E-state index contributed by atoms with van der Waals surface area (Å²) in [7, 11) is -1.50. The van der Waals surface area contributed by atoms with Crippen molar-refractivity contribution in [3.05, 3.63) is 54.6 Å². The minimum Gasteiger partial charge on any atom is -0.423 e. The summed E-state index contributed by atoms with van der Waals surface area (Å²) in [5.41, 5.74) is 3.90. The molecule has 0 radical (unpaired) electrons. The molecule has 4 nitrogen and oxygen atoms in total. The summed E-state index contributed by atoms with van der Waals surface area (Å²) in [4.78, 5) is 0. The van der Waals surface area contributed by atoms with Crippen molar-refractivity contribution >= 4 is 46.1 Å². The molecule has 0 saturated carbocycles. The highest BCUT2D eigenvalue weighted by Crippen LogP contribution is 2.39. The molecule has 0 unspecified atom stereocenters. The number of benzene rings is 3. The highest BCUT2D eigenvalue weighted by atomic mass is 16.4. The van der Waals surface area contributed by atoms with E-state index < -0.39 is 7.12 Å². The molecule has 4 rings (SSSR count). The Balaban J connectivity index is 1.88. The molecule has 21 heavy (non-hydrogen) atoms. The molecule has 102 valence electrons. The van der Waals surface area contributed by atoms with E-state index in [2.05, 4.69) is 34.9 Å². The predicted octanol–water partition coefficient (Wildman–Crippen LogP) is 2.32. The van der Waals surface area contributed by atoms with Gasteiger partial charge in [0.2, 0.25) is 0 Å². The monoisotopic (exact) mass is 276 g/mol. The Kier molecular flexibility index (Phi) is 2.64. The lowest BCUT2D eigenvalue weighted by atomic mass is 9.78. The summed E-state index contributed by atoms with van der Waals surface area (Å²) in [6, 6.07) is 17.7. The van der Waals surface area contributed by atoms with Gasteiger partial charge in [-0.1, -0.05) is 36.4 Å². The number of hydrogen-bond acceptors (Lipinski definition) is 4. The minimum atomic E-state index is -1.50. The van der Waals surface area contributed by atoms with Crippen LogP contribution in [0.2, 0.25) is 0 Å². The molecule has 0 saturated heterocycles. The maximum Gasteiger partial charge on any atom is 0.490 e. The van der Waals surface area contributed by atoms with Crippen LogP contribution in [0.25, 0.3) is 10.8 Å². The van der Waals surface area contributed by atoms with Gasteiger partial charge in [0.15, 0.2) is 0 Å². The maximum atomic E-state index is 9.49. The molecule has 0 amide bonds. The van der Waals surface area contributed by atoms with Gasteiger partial charge in [0.25, 0.3) is 0 Å². The van der Waals surface area contributed by atoms with E-state index in [9.17, 15) is 10.0 Å². The quantitative estimate of drug-likeness (QED) is 0.403. The Morgan fingerprint density at radius 3 is 2.05 bits per heavy atom. The summed E-state index contributed by atoms with van der Waals surface area (Å²) in [5, 5.41) is 27.9. The first-order chi connectivity index (χ1) is 10.2. The van der Waals surface area contributed by atoms with Gasteiger partial charge in [-0.2, -0.15) is 0 Å². The Labute approximate surface area is 122 Å². The van der Waals surface area contributed by atoms with Crippen molar-refractivity contribution in [3.63, 3.8) is 0 Å². The third kappa shape index (κ3) is 1.95. The Bertz CT molecular complexity index is 849. The zero-order valence-electron chi connectivity index (χ0n) is 11.2. The zero-order valence-corrected chi connectivity index (χ0v) is 11.2. The summed E-state index contributed by atoms with van der Waals surface area (Å²) in [6.45, 7) is 0. The first-order valence-electron chi connectivity index (χ1n) is 6.78. The van der Waals surface area contributed by atoms with Crippen LogP contribution in [0.5, 0.6) is 0 Å². The van der Waals surface area contributed by atoms with Crippen molar-refractivity contribution in [2.75, 3.05) is 10.6 Å². The molecule has 1 heterocycles. The smallest absolute Gasteiger partial charge is 0.423 e. The fourth-order valence-electron chi connectivity index (χ4n) is 2.76. The molecule has 0 fully saturated rings. The van der Waals surface area contributed by atoms with Crippen LogP contribution in [0.1, 0.15) is 0 Å². The molecule has 3 aromatic carbocycles. The van der Waals surface area contributed by atoms with Crippen molar-refractivity contribution in [1.29, 1.82) is 0 Å².